The standard InChI is InChI=1S/C10H11NO2/c1-3-13-10(12)5-4-9-7-11-6-8(9)2/h6-7,11H,3H2,1-2H3. The van der Waals surface area contributed by atoms with E-state index in [0.29, 0.717) is 6.61 Å². The van der Waals surface area contributed by atoms with Crippen LogP contribution < -0.4 is 0 Å². The van der Waals surface area contributed by atoms with Crippen LogP contribution in [0.15, 0.2) is 12.4 Å². The molecule has 1 N–H and O–H groups in total. The molecule has 1 rings (SSSR count). The fraction of sp³-hybridized carbons (Fsp3) is 0.300. The zero-order chi connectivity index (χ0) is 9.68. The predicted molar refractivity (Wildman–Crippen MR) is 49.0 cm³/mol. The van der Waals surface area contributed by atoms with Gasteiger partial charge in [0.2, 0.25) is 0 Å². The molecule has 13 heavy (non-hydrogen) atoms. The summed E-state index contributed by atoms with van der Waals surface area (Å²) in [5, 5.41) is 0. The maximum absolute atomic E-state index is 10.8. The number of ether oxygens (including phenoxy) is 1. The number of aromatic nitrogens is 1. The molecule has 0 spiro atoms. The summed E-state index contributed by atoms with van der Waals surface area (Å²) in [6.07, 6.45) is 3.58. The van der Waals surface area contributed by atoms with Crippen molar-refractivity contribution in [1.29, 1.82) is 0 Å². The molecular weight excluding hydrogens is 166 g/mol. The molecule has 0 amide bonds. The number of H-pyrrole nitrogens is 1. The first kappa shape index (κ1) is 9.40. The maximum atomic E-state index is 10.8. The first-order valence-electron chi connectivity index (χ1n) is 4.06. The van der Waals surface area contributed by atoms with Gasteiger partial charge in [0, 0.05) is 23.9 Å². The number of esters is 1. The zero-order valence-electron chi connectivity index (χ0n) is 7.68. The first-order valence-corrected chi connectivity index (χ1v) is 4.06. The molecule has 0 unspecified atom stereocenters. The van der Waals surface area contributed by atoms with Gasteiger partial charge in [-0.15, -0.1) is 0 Å². The second kappa shape index (κ2) is 4.36. The number of hydrogen-bond acceptors (Lipinski definition) is 2. The molecule has 1 aromatic heterocycles. The lowest BCUT2D eigenvalue weighted by molar-refractivity contribution is -0.136. The predicted octanol–water partition coefficient (Wildman–Crippen LogP) is 1.24. The normalized spacial score (nSPS) is 8.77. The van der Waals surface area contributed by atoms with Crippen molar-refractivity contribution in [2.45, 2.75) is 13.8 Å². The summed E-state index contributed by atoms with van der Waals surface area (Å²) >= 11 is 0. The van der Waals surface area contributed by atoms with Gasteiger partial charge in [-0.1, -0.05) is 5.92 Å². The molecule has 0 aliphatic heterocycles. The van der Waals surface area contributed by atoms with Gasteiger partial charge in [0.05, 0.1) is 6.61 Å². The lowest BCUT2D eigenvalue weighted by Crippen LogP contribution is -1.99. The highest BCUT2D eigenvalue weighted by atomic mass is 16.5. The molecule has 1 aromatic rings. The summed E-state index contributed by atoms with van der Waals surface area (Å²) in [6, 6.07) is 0. The summed E-state index contributed by atoms with van der Waals surface area (Å²) < 4.78 is 4.66. The van der Waals surface area contributed by atoms with Crippen LogP contribution in [0.4, 0.5) is 0 Å². The molecule has 0 atom stereocenters. The molecule has 0 saturated heterocycles. The second-order valence-corrected chi connectivity index (χ2v) is 2.52. The van der Waals surface area contributed by atoms with E-state index in [-0.39, 0.29) is 0 Å². The number of aryl methyl sites for hydroxylation is 1. The first-order chi connectivity index (χ1) is 6.24. The molecule has 0 aromatic carbocycles. The number of carbonyl (C=O) groups excluding carboxylic acids is 1. The quantitative estimate of drug-likeness (QED) is 0.518. The van der Waals surface area contributed by atoms with Gasteiger partial charge in [0.1, 0.15) is 0 Å². The van der Waals surface area contributed by atoms with Crippen LogP contribution in [-0.2, 0) is 9.53 Å². The third-order valence-electron chi connectivity index (χ3n) is 1.53. The maximum Gasteiger partial charge on any atom is 0.384 e. The van der Waals surface area contributed by atoms with Gasteiger partial charge in [-0.25, -0.2) is 4.79 Å². The lowest BCUT2D eigenvalue weighted by Gasteiger charge is -1.90. The molecule has 68 valence electrons. The molecule has 1 heterocycles. The fourth-order valence-electron chi connectivity index (χ4n) is 0.862. The molecule has 0 saturated carbocycles. The number of rotatable bonds is 1. The van der Waals surface area contributed by atoms with Crippen molar-refractivity contribution in [2.24, 2.45) is 0 Å². The average Bonchev–Trinajstić information content (AvgIpc) is 2.48. The Bertz CT molecular complexity index is 354. The number of carbonyl (C=O) groups is 1. The van der Waals surface area contributed by atoms with Gasteiger partial charge in [-0.2, -0.15) is 0 Å². The second-order valence-electron chi connectivity index (χ2n) is 2.52. The third-order valence-corrected chi connectivity index (χ3v) is 1.53. The van der Waals surface area contributed by atoms with Crippen molar-refractivity contribution in [1.82, 2.24) is 4.98 Å². The van der Waals surface area contributed by atoms with Gasteiger partial charge in [-0.3, -0.25) is 0 Å². The summed E-state index contributed by atoms with van der Waals surface area (Å²) in [5.74, 6) is 4.63. The highest BCUT2D eigenvalue weighted by Gasteiger charge is 1.95. The van der Waals surface area contributed by atoms with Gasteiger partial charge in [-0.05, 0) is 19.4 Å². The smallest absolute Gasteiger partial charge is 0.384 e. The Morgan fingerprint density at radius 2 is 2.38 bits per heavy atom. The molecule has 0 radical (unpaired) electrons. The Hall–Kier alpha value is -1.69. The van der Waals surface area contributed by atoms with E-state index in [4.69, 9.17) is 0 Å². The number of aromatic amines is 1. The van der Waals surface area contributed by atoms with Gasteiger partial charge >= 0.3 is 5.97 Å². The van der Waals surface area contributed by atoms with Crippen molar-refractivity contribution in [3.63, 3.8) is 0 Å². The van der Waals surface area contributed by atoms with Crippen molar-refractivity contribution in [3.05, 3.63) is 23.5 Å². The Labute approximate surface area is 77.1 Å². The van der Waals surface area contributed by atoms with E-state index >= 15 is 0 Å². The van der Waals surface area contributed by atoms with Crippen LogP contribution in [-0.4, -0.2) is 17.6 Å². The van der Waals surface area contributed by atoms with Gasteiger partial charge in [0.15, 0.2) is 0 Å². The summed E-state index contributed by atoms with van der Waals surface area (Å²) in [7, 11) is 0. The molecule has 0 aliphatic carbocycles. The van der Waals surface area contributed by atoms with Crippen LogP contribution in [0.5, 0.6) is 0 Å². The van der Waals surface area contributed by atoms with Crippen molar-refractivity contribution in [2.75, 3.05) is 6.61 Å². The van der Waals surface area contributed by atoms with Crippen LogP contribution in [0.2, 0.25) is 0 Å². The van der Waals surface area contributed by atoms with Crippen LogP contribution in [0.1, 0.15) is 18.1 Å². The number of nitrogens with one attached hydrogen (secondary N) is 1. The minimum Gasteiger partial charge on any atom is -0.456 e. The molecular formula is C10H11NO2. The van der Waals surface area contributed by atoms with Crippen molar-refractivity contribution < 1.29 is 9.53 Å². The minimum atomic E-state index is -0.483. The minimum absolute atomic E-state index is 0.361. The summed E-state index contributed by atoms with van der Waals surface area (Å²) in [6.45, 7) is 4.03. The third kappa shape index (κ3) is 2.68. The van der Waals surface area contributed by atoms with E-state index in [2.05, 4.69) is 21.6 Å². The summed E-state index contributed by atoms with van der Waals surface area (Å²) in [4.78, 5) is 13.7. The Balaban J connectivity index is 2.67. The van der Waals surface area contributed by atoms with E-state index in [9.17, 15) is 4.79 Å². The average molecular weight is 177 g/mol. The Morgan fingerprint density at radius 1 is 1.62 bits per heavy atom. The van der Waals surface area contributed by atoms with E-state index in [1.165, 1.54) is 0 Å². The molecule has 3 heteroatoms. The monoisotopic (exact) mass is 177 g/mol. The number of hydrogen-bond donors (Lipinski definition) is 1. The fourth-order valence-corrected chi connectivity index (χ4v) is 0.862. The SMILES string of the molecule is CCOC(=O)C#Cc1c[nH]cc1C. The highest BCUT2D eigenvalue weighted by molar-refractivity contribution is 5.89. The van der Waals surface area contributed by atoms with E-state index in [1.54, 1.807) is 13.1 Å². The summed E-state index contributed by atoms with van der Waals surface area (Å²) in [5.41, 5.74) is 1.85. The molecule has 0 bridgehead atoms. The molecule has 3 nitrogen and oxygen atoms in total. The Morgan fingerprint density at radius 3 is 2.92 bits per heavy atom. The van der Waals surface area contributed by atoms with Crippen molar-refractivity contribution >= 4 is 5.97 Å². The van der Waals surface area contributed by atoms with E-state index < -0.39 is 5.97 Å². The van der Waals surface area contributed by atoms with Crippen LogP contribution in [0, 0.1) is 18.8 Å². The largest absolute Gasteiger partial charge is 0.456 e. The topological polar surface area (TPSA) is 42.1 Å². The van der Waals surface area contributed by atoms with Crippen molar-refractivity contribution in [3.8, 4) is 11.8 Å². The zero-order valence-corrected chi connectivity index (χ0v) is 7.68. The van der Waals surface area contributed by atoms with E-state index in [0.717, 1.165) is 11.1 Å². The molecule has 0 fully saturated rings. The van der Waals surface area contributed by atoms with Gasteiger partial charge in [0.25, 0.3) is 0 Å². The van der Waals surface area contributed by atoms with Gasteiger partial charge < -0.3 is 9.72 Å². The Kier molecular flexibility index (Phi) is 3.15. The lowest BCUT2D eigenvalue weighted by atomic mass is 10.2. The molecule has 0 aliphatic rings. The highest BCUT2D eigenvalue weighted by Crippen LogP contribution is 2.02. The van der Waals surface area contributed by atoms with Crippen LogP contribution in [0.3, 0.4) is 0 Å². The van der Waals surface area contributed by atoms with Crippen LogP contribution >= 0.6 is 0 Å². The van der Waals surface area contributed by atoms with Crippen LogP contribution in [0.25, 0.3) is 0 Å². The van der Waals surface area contributed by atoms with E-state index in [1.807, 2.05) is 13.1 Å².